The van der Waals surface area contributed by atoms with Crippen LogP contribution in [0.3, 0.4) is 0 Å². The van der Waals surface area contributed by atoms with Crippen LogP contribution in [0.4, 0.5) is 11.4 Å². The Kier molecular flexibility index (Phi) is 4.21. The van der Waals surface area contributed by atoms with Crippen LogP contribution in [0.5, 0.6) is 0 Å². The molecule has 0 aliphatic carbocycles. The van der Waals surface area contributed by atoms with Crippen molar-refractivity contribution >= 4 is 23.1 Å². The van der Waals surface area contributed by atoms with E-state index in [1.165, 1.54) is 55.9 Å². The van der Waals surface area contributed by atoms with Crippen molar-refractivity contribution in [2.24, 2.45) is 0 Å². The minimum absolute atomic E-state index is 0.632. The smallest absolute Gasteiger partial charge is 0.0386 e. The molecule has 2 aliphatic rings. The van der Waals surface area contributed by atoms with Gasteiger partial charge in [-0.05, 0) is 49.6 Å². The average Bonchev–Trinajstić information content (AvgIpc) is 2.96. The summed E-state index contributed by atoms with van der Waals surface area (Å²) in [6.45, 7) is 4.80. The molecule has 2 fully saturated rings. The van der Waals surface area contributed by atoms with E-state index in [0.717, 1.165) is 5.25 Å². The van der Waals surface area contributed by atoms with E-state index in [-0.39, 0.29) is 0 Å². The fraction of sp³-hybridized carbons (Fsp3) is 0.625. The van der Waals surface area contributed by atoms with Crippen molar-refractivity contribution in [3.8, 4) is 0 Å². The van der Waals surface area contributed by atoms with Gasteiger partial charge in [-0.3, -0.25) is 0 Å². The molecule has 0 amide bonds. The Balaban J connectivity index is 1.68. The molecule has 3 rings (SSSR count). The first-order chi connectivity index (χ1) is 9.33. The Bertz CT molecular complexity index is 415. The fourth-order valence-corrected chi connectivity index (χ4v) is 4.24. The molecule has 0 spiro atoms. The van der Waals surface area contributed by atoms with Crippen molar-refractivity contribution < 1.29 is 0 Å². The van der Waals surface area contributed by atoms with Crippen LogP contribution in [0.15, 0.2) is 24.3 Å². The molecule has 104 valence electrons. The molecule has 2 aliphatic heterocycles. The summed E-state index contributed by atoms with van der Waals surface area (Å²) in [5.41, 5.74) is 2.68. The maximum absolute atomic E-state index is 3.75. The standard InChI is InChI=1S/C16H24N2S/c1-13-16(8-5-11-19-13)17-14-6-4-7-15(12-14)18-9-2-3-10-18/h4,6-7,12-13,16-17H,2-3,5,8-11H2,1H3. The van der Waals surface area contributed by atoms with E-state index in [9.17, 15) is 0 Å². The van der Waals surface area contributed by atoms with Gasteiger partial charge in [0.15, 0.2) is 0 Å². The molecule has 0 aromatic heterocycles. The summed E-state index contributed by atoms with van der Waals surface area (Å²) in [7, 11) is 0. The second kappa shape index (κ2) is 6.08. The van der Waals surface area contributed by atoms with Gasteiger partial charge in [-0.15, -0.1) is 0 Å². The van der Waals surface area contributed by atoms with E-state index in [4.69, 9.17) is 0 Å². The summed E-state index contributed by atoms with van der Waals surface area (Å²) in [6, 6.07) is 9.61. The molecule has 1 N–H and O–H groups in total. The predicted molar refractivity (Wildman–Crippen MR) is 86.5 cm³/mol. The van der Waals surface area contributed by atoms with Gasteiger partial charge >= 0.3 is 0 Å². The second-order valence-electron chi connectivity index (χ2n) is 5.71. The highest BCUT2D eigenvalue weighted by Crippen LogP contribution is 2.29. The van der Waals surface area contributed by atoms with Crippen molar-refractivity contribution in [2.45, 2.75) is 43.9 Å². The van der Waals surface area contributed by atoms with Crippen LogP contribution in [0.1, 0.15) is 32.6 Å². The highest BCUT2D eigenvalue weighted by molar-refractivity contribution is 8.00. The minimum Gasteiger partial charge on any atom is -0.381 e. The van der Waals surface area contributed by atoms with Gasteiger partial charge in [-0.1, -0.05) is 13.0 Å². The van der Waals surface area contributed by atoms with Gasteiger partial charge in [-0.2, -0.15) is 11.8 Å². The molecule has 2 unspecified atom stereocenters. The molecule has 2 nitrogen and oxygen atoms in total. The third kappa shape index (κ3) is 3.19. The molecule has 2 heterocycles. The van der Waals surface area contributed by atoms with Gasteiger partial charge in [0.05, 0.1) is 0 Å². The molecule has 0 saturated carbocycles. The molecular weight excluding hydrogens is 252 g/mol. The van der Waals surface area contributed by atoms with E-state index < -0.39 is 0 Å². The van der Waals surface area contributed by atoms with Gasteiger partial charge in [0.25, 0.3) is 0 Å². The second-order valence-corrected chi connectivity index (χ2v) is 7.20. The Labute approximate surface area is 121 Å². The topological polar surface area (TPSA) is 15.3 Å². The van der Waals surface area contributed by atoms with E-state index in [0.29, 0.717) is 6.04 Å². The van der Waals surface area contributed by atoms with Gasteiger partial charge in [0.1, 0.15) is 0 Å². The molecular formula is C16H24N2S. The normalized spacial score (nSPS) is 27.5. The molecule has 19 heavy (non-hydrogen) atoms. The third-order valence-electron chi connectivity index (χ3n) is 4.28. The first-order valence-electron chi connectivity index (χ1n) is 7.56. The summed E-state index contributed by atoms with van der Waals surface area (Å²) >= 11 is 2.10. The Hall–Kier alpha value is -0.830. The molecule has 0 bridgehead atoms. The third-order valence-corrected chi connectivity index (χ3v) is 5.65. The zero-order valence-electron chi connectivity index (χ0n) is 11.8. The number of benzene rings is 1. The van der Waals surface area contributed by atoms with E-state index >= 15 is 0 Å². The average molecular weight is 276 g/mol. The number of nitrogens with zero attached hydrogens (tertiary/aromatic N) is 1. The van der Waals surface area contributed by atoms with Gasteiger partial charge in [0.2, 0.25) is 0 Å². The van der Waals surface area contributed by atoms with Crippen LogP contribution in [0.25, 0.3) is 0 Å². The minimum atomic E-state index is 0.632. The Morgan fingerprint density at radius 2 is 2.05 bits per heavy atom. The van der Waals surface area contributed by atoms with Gasteiger partial charge in [-0.25, -0.2) is 0 Å². The van der Waals surface area contributed by atoms with Crippen molar-refractivity contribution in [1.82, 2.24) is 0 Å². The monoisotopic (exact) mass is 276 g/mol. The summed E-state index contributed by atoms with van der Waals surface area (Å²) in [4.78, 5) is 2.50. The number of hydrogen-bond donors (Lipinski definition) is 1. The summed E-state index contributed by atoms with van der Waals surface area (Å²) in [6.07, 6.45) is 5.34. The Morgan fingerprint density at radius 1 is 1.21 bits per heavy atom. The molecule has 2 atom stereocenters. The van der Waals surface area contributed by atoms with Crippen LogP contribution in [-0.4, -0.2) is 30.1 Å². The van der Waals surface area contributed by atoms with E-state index in [1.807, 2.05) is 0 Å². The van der Waals surface area contributed by atoms with E-state index in [2.05, 4.69) is 53.2 Å². The number of rotatable bonds is 3. The zero-order chi connectivity index (χ0) is 13.1. The largest absolute Gasteiger partial charge is 0.381 e. The number of hydrogen-bond acceptors (Lipinski definition) is 3. The summed E-state index contributed by atoms with van der Waals surface area (Å²) in [5, 5.41) is 4.47. The summed E-state index contributed by atoms with van der Waals surface area (Å²) < 4.78 is 0. The fourth-order valence-electron chi connectivity index (χ4n) is 3.09. The highest BCUT2D eigenvalue weighted by Gasteiger charge is 2.21. The quantitative estimate of drug-likeness (QED) is 0.899. The lowest BCUT2D eigenvalue weighted by molar-refractivity contribution is 0.617. The van der Waals surface area contributed by atoms with Crippen molar-refractivity contribution in [1.29, 1.82) is 0 Å². The molecule has 1 aromatic rings. The maximum Gasteiger partial charge on any atom is 0.0386 e. The number of anilines is 2. The molecule has 1 aromatic carbocycles. The first-order valence-corrected chi connectivity index (χ1v) is 8.61. The Morgan fingerprint density at radius 3 is 2.84 bits per heavy atom. The maximum atomic E-state index is 3.75. The molecule has 3 heteroatoms. The van der Waals surface area contributed by atoms with Crippen LogP contribution in [0.2, 0.25) is 0 Å². The van der Waals surface area contributed by atoms with Crippen LogP contribution >= 0.6 is 11.8 Å². The lowest BCUT2D eigenvalue weighted by atomic mass is 10.1. The highest BCUT2D eigenvalue weighted by atomic mass is 32.2. The van der Waals surface area contributed by atoms with Crippen molar-refractivity contribution in [3.63, 3.8) is 0 Å². The molecule has 0 radical (unpaired) electrons. The first kappa shape index (κ1) is 13.2. The van der Waals surface area contributed by atoms with E-state index in [1.54, 1.807) is 0 Å². The van der Waals surface area contributed by atoms with Crippen LogP contribution in [-0.2, 0) is 0 Å². The van der Waals surface area contributed by atoms with Gasteiger partial charge < -0.3 is 10.2 Å². The predicted octanol–water partition coefficient (Wildman–Crippen LogP) is 3.98. The van der Waals surface area contributed by atoms with Gasteiger partial charge in [0, 0.05) is 35.8 Å². The lowest BCUT2D eigenvalue weighted by Crippen LogP contribution is -2.32. The van der Waals surface area contributed by atoms with Crippen LogP contribution in [0, 0.1) is 0 Å². The zero-order valence-corrected chi connectivity index (χ0v) is 12.6. The SMILES string of the molecule is CC1SCCCC1Nc1cccc(N2CCCC2)c1. The lowest BCUT2D eigenvalue weighted by Gasteiger charge is -2.30. The summed E-state index contributed by atoms with van der Waals surface area (Å²) in [5.74, 6) is 1.33. The molecule has 2 saturated heterocycles. The van der Waals surface area contributed by atoms with Crippen molar-refractivity contribution in [3.05, 3.63) is 24.3 Å². The number of nitrogens with one attached hydrogen (secondary N) is 1. The number of thioether (sulfide) groups is 1. The van der Waals surface area contributed by atoms with Crippen LogP contribution < -0.4 is 10.2 Å². The van der Waals surface area contributed by atoms with Crippen molar-refractivity contribution in [2.75, 3.05) is 29.1 Å².